The van der Waals surface area contributed by atoms with Crippen LogP contribution < -0.4 is 4.90 Å². The van der Waals surface area contributed by atoms with Gasteiger partial charge in [0.25, 0.3) is 10.2 Å². The van der Waals surface area contributed by atoms with Gasteiger partial charge in [0.05, 0.1) is 5.92 Å². The molecule has 2 saturated heterocycles. The van der Waals surface area contributed by atoms with Gasteiger partial charge in [-0.2, -0.15) is 17.0 Å². The molecule has 0 spiro atoms. The van der Waals surface area contributed by atoms with Crippen molar-refractivity contribution in [1.82, 2.24) is 8.61 Å². The molecule has 0 aromatic heterocycles. The number of aliphatic carboxylic acids is 1. The Labute approximate surface area is 155 Å². The average Bonchev–Trinajstić information content (AvgIpc) is 3.11. The smallest absolute Gasteiger partial charge is 0.306 e. The van der Waals surface area contributed by atoms with Crippen LogP contribution in [-0.4, -0.2) is 67.9 Å². The van der Waals surface area contributed by atoms with Crippen LogP contribution in [-0.2, 0) is 15.0 Å². The Hall–Kier alpha value is -1.64. The van der Waals surface area contributed by atoms with Crippen LogP contribution >= 0.6 is 0 Å². The highest BCUT2D eigenvalue weighted by molar-refractivity contribution is 7.86. The zero-order valence-electron chi connectivity index (χ0n) is 15.1. The Morgan fingerprint density at radius 2 is 1.81 bits per heavy atom. The van der Waals surface area contributed by atoms with Crippen LogP contribution in [0, 0.1) is 11.8 Å². The minimum absolute atomic E-state index is 0.282. The van der Waals surface area contributed by atoms with E-state index < -0.39 is 22.1 Å². The summed E-state index contributed by atoms with van der Waals surface area (Å²) in [6.45, 7) is 2.84. The number of benzene rings is 1. The minimum Gasteiger partial charge on any atom is -0.481 e. The molecular formula is C18H27N3O4S. The lowest BCUT2D eigenvalue weighted by Crippen LogP contribution is -2.47. The second-order valence-corrected chi connectivity index (χ2v) is 9.27. The topological polar surface area (TPSA) is 81.2 Å². The van der Waals surface area contributed by atoms with Gasteiger partial charge in [-0.1, -0.05) is 18.2 Å². The van der Waals surface area contributed by atoms with Crippen LogP contribution in [0.5, 0.6) is 0 Å². The van der Waals surface area contributed by atoms with Crippen molar-refractivity contribution in [3.63, 3.8) is 0 Å². The summed E-state index contributed by atoms with van der Waals surface area (Å²) in [5.74, 6) is -0.963. The number of anilines is 1. The van der Waals surface area contributed by atoms with Gasteiger partial charge in [0.1, 0.15) is 0 Å². The Morgan fingerprint density at radius 1 is 1.15 bits per heavy atom. The van der Waals surface area contributed by atoms with E-state index in [1.165, 1.54) is 14.3 Å². The molecule has 0 radical (unpaired) electrons. The van der Waals surface area contributed by atoms with Crippen LogP contribution in [0.4, 0.5) is 5.69 Å². The molecule has 0 aliphatic carbocycles. The summed E-state index contributed by atoms with van der Waals surface area (Å²) in [6, 6.07) is 10.2. The summed E-state index contributed by atoms with van der Waals surface area (Å²) < 4.78 is 28.4. The minimum atomic E-state index is -3.53. The quantitative estimate of drug-likeness (QED) is 0.807. The second-order valence-electron chi connectivity index (χ2n) is 7.24. The van der Waals surface area contributed by atoms with Gasteiger partial charge in [0.2, 0.25) is 0 Å². The number of hydrogen-bond donors (Lipinski definition) is 1. The van der Waals surface area contributed by atoms with Gasteiger partial charge in [0, 0.05) is 45.5 Å². The molecule has 1 atom stereocenters. The van der Waals surface area contributed by atoms with E-state index in [-0.39, 0.29) is 13.1 Å². The molecule has 2 aliphatic rings. The highest BCUT2D eigenvalue weighted by Crippen LogP contribution is 2.26. The molecule has 2 heterocycles. The first-order valence-corrected chi connectivity index (χ1v) is 10.5. The van der Waals surface area contributed by atoms with Gasteiger partial charge < -0.3 is 10.0 Å². The lowest BCUT2D eigenvalue weighted by atomic mass is 9.99. The van der Waals surface area contributed by atoms with E-state index in [0.29, 0.717) is 25.3 Å². The fourth-order valence-electron chi connectivity index (χ4n) is 3.84. The van der Waals surface area contributed by atoms with Crippen molar-refractivity contribution in [3.8, 4) is 0 Å². The van der Waals surface area contributed by atoms with Gasteiger partial charge >= 0.3 is 5.97 Å². The lowest BCUT2D eigenvalue weighted by molar-refractivity contribution is -0.142. The Balaban J connectivity index is 1.54. The summed E-state index contributed by atoms with van der Waals surface area (Å²) in [7, 11) is -1.90. The van der Waals surface area contributed by atoms with Crippen molar-refractivity contribution < 1.29 is 18.3 Å². The zero-order valence-corrected chi connectivity index (χ0v) is 15.9. The normalized spacial score (nSPS) is 22.8. The maximum absolute atomic E-state index is 12.8. The number of carbonyl (C=O) groups is 1. The van der Waals surface area contributed by atoms with Crippen LogP contribution in [0.3, 0.4) is 0 Å². The van der Waals surface area contributed by atoms with Crippen LogP contribution in [0.2, 0.25) is 0 Å². The SMILES string of the molecule is CN(CC1CCN(c2ccccc2)C1)S(=O)(=O)N1CCC(C(=O)O)CC1. The van der Waals surface area contributed by atoms with Crippen molar-refractivity contribution in [3.05, 3.63) is 30.3 Å². The van der Waals surface area contributed by atoms with Crippen molar-refractivity contribution in [2.75, 3.05) is 44.7 Å². The van der Waals surface area contributed by atoms with Crippen molar-refractivity contribution in [1.29, 1.82) is 0 Å². The highest BCUT2D eigenvalue weighted by Gasteiger charge is 2.35. The standard InChI is InChI=1S/C18H27N3O4S/c1-19(26(24,25)21-11-8-16(9-12-21)18(22)23)13-15-7-10-20(14-15)17-5-3-2-4-6-17/h2-6,15-16H,7-14H2,1H3,(H,22,23). The number of carboxylic acid groups (broad SMARTS) is 1. The third-order valence-corrected chi connectivity index (χ3v) is 7.40. The van der Waals surface area contributed by atoms with E-state index in [4.69, 9.17) is 5.11 Å². The van der Waals surface area contributed by atoms with E-state index in [9.17, 15) is 13.2 Å². The molecule has 8 heteroatoms. The van der Waals surface area contributed by atoms with Gasteiger partial charge in [-0.25, -0.2) is 0 Å². The van der Waals surface area contributed by atoms with E-state index in [2.05, 4.69) is 17.0 Å². The number of para-hydroxylation sites is 1. The lowest BCUT2D eigenvalue weighted by Gasteiger charge is -2.33. The molecule has 0 bridgehead atoms. The molecule has 26 heavy (non-hydrogen) atoms. The van der Waals surface area contributed by atoms with E-state index in [1.54, 1.807) is 7.05 Å². The van der Waals surface area contributed by atoms with Crippen molar-refractivity contribution in [2.24, 2.45) is 11.8 Å². The van der Waals surface area contributed by atoms with Gasteiger partial charge in [-0.05, 0) is 37.3 Å². The van der Waals surface area contributed by atoms with E-state index >= 15 is 0 Å². The van der Waals surface area contributed by atoms with E-state index in [1.807, 2.05) is 18.2 Å². The first kappa shape index (κ1) is 19.1. The van der Waals surface area contributed by atoms with Crippen molar-refractivity contribution in [2.45, 2.75) is 19.3 Å². The monoisotopic (exact) mass is 381 g/mol. The van der Waals surface area contributed by atoms with Gasteiger partial charge in [-0.3, -0.25) is 4.79 Å². The van der Waals surface area contributed by atoms with Gasteiger partial charge in [-0.15, -0.1) is 0 Å². The summed E-state index contributed by atoms with van der Waals surface area (Å²) >= 11 is 0. The molecule has 0 amide bonds. The Morgan fingerprint density at radius 3 is 2.42 bits per heavy atom. The molecule has 0 saturated carbocycles. The predicted molar refractivity (Wildman–Crippen MR) is 100 cm³/mol. The third kappa shape index (κ3) is 4.19. The summed E-state index contributed by atoms with van der Waals surface area (Å²) in [4.78, 5) is 13.3. The molecule has 144 valence electrons. The number of piperidine rings is 1. The second kappa shape index (κ2) is 7.94. The third-order valence-electron chi connectivity index (χ3n) is 5.45. The number of hydrogen-bond acceptors (Lipinski definition) is 4. The number of carboxylic acids is 1. The predicted octanol–water partition coefficient (Wildman–Crippen LogP) is 1.49. The first-order valence-electron chi connectivity index (χ1n) is 9.12. The zero-order chi connectivity index (χ0) is 18.7. The van der Waals surface area contributed by atoms with Crippen LogP contribution in [0.25, 0.3) is 0 Å². The van der Waals surface area contributed by atoms with Crippen LogP contribution in [0.15, 0.2) is 30.3 Å². The molecule has 3 rings (SSSR count). The van der Waals surface area contributed by atoms with Crippen molar-refractivity contribution >= 4 is 21.9 Å². The molecule has 1 N–H and O–H groups in total. The summed E-state index contributed by atoms with van der Waals surface area (Å²) in [6.07, 6.45) is 1.73. The summed E-state index contributed by atoms with van der Waals surface area (Å²) in [5.41, 5.74) is 1.18. The van der Waals surface area contributed by atoms with Gasteiger partial charge in [0.15, 0.2) is 0 Å². The maximum Gasteiger partial charge on any atom is 0.306 e. The Bertz CT molecular complexity index is 717. The largest absolute Gasteiger partial charge is 0.481 e. The Kier molecular flexibility index (Phi) is 5.84. The average molecular weight is 381 g/mol. The number of nitrogens with zero attached hydrogens (tertiary/aromatic N) is 3. The molecule has 2 fully saturated rings. The number of rotatable bonds is 6. The molecule has 1 aromatic rings. The van der Waals surface area contributed by atoms with Crippen LogP contribution in [0.1, 0.15) is 19.3 Å². The highest BCUT2D eigenvalue weighted by atomic mass is 32.2. The molecule has 2 aliphatic heterocycles. The molecular weight excluding hydrogens is 354 g/mol. The fraction of sp³-hybridized carbons (Fsp3) is 0.611. The molecule has 7 nitrogen and oxygen atoms in total. The molecule has 1 unspecified atom stereocenters. The first-order chi connectivity index (χ1) is 12.4. The summed E-state index contributed by atoms with van der Waals surface area (Å²) in [5, 5.41) is 9.06. The van der Waals surface area contributed by atoms with E-state index in [0.717, 1.165) is 19.5 Å². The maximum atomic E-state index is 12.8. The fourth-order valence-corrected chi connectivity index (χ4v) is 5.31. The molecule has 1 aromatic carbocycles.